The second kappa shape index (κ2) is 7.06. The first kappa shape index (κ1) is 17.4. The van der Waals surface area contributed by atoms with Gasteiger partial charge >= 0.3 is 0 Å². The summed E-state index contributed by atoms with van der Waals surface area (Å²) < 4.78 is 7.61. The van der Waals surface area contributed by atoms with Crippen molar-refractivity contribution in [2.24, 2.45) is 5.92 Å². The first-order valence-corrected chi connectivity index (χ1v) is 10.6. The van der Waals surface area contributed by atoms with E-state index in [2.05, 4.69) is 25.7 Å². The normalized spacial score (nSPS) is 26.3. The van der Waals surface area contributed by atoms with Gasteiger partial charge in [-0.1, -0.05) is 11.6 Å². The number of aryl methyl sites for hydroxylation is 3. The van der Waals surface area contributed by atoms with Gasteiger partial charge < -0.3 is 4.52 Å². The molecule has 27 heavy (non-hydrogen) atoms. The first-order chi connectivity index (χ1) is 13.2. The fourth-order valence-corrected chi connectivity index (χ4v) is 5.39. The van der Waals surface area contributed by atoms with Crippen molar-refractivity contribution in [2.45, 2.75) is 78.2 Å². The van der Waals surface area contributed by atoms with Crippen molar-refractivity contribution in [3.05, 3.63) is 34.5 Å². The van der Waals surface area contributed by atoms with Gasteiger partial charge in [0.05, 0.1) is 17.1 Å². The van der Waals surface area contributed by atoms with Crippen LogP contribution in [0.4, 0.5) is 0 Å². The van der Waals surface area contributed by atoms with Gasteiger partial charge in [-0.25, -0.2) is 0 Å². The lowest BCUT2D eigenvalue weighted by Crippen LogP contribution is -2.28. The Balaban J connectivity index is 1.28. The predicted molar refractivity (Wildman–Crippen MR) is 103 cm³/mol. The number of nitrogens with zero attached hydrogens (tertiary/aromatic N) is 5. The first-order valence-electron chi connectivity index (χ1n) is 10.6. The second-order valence-corrected chi connectivity index (χ2v) is 8.83. The number of fused-ring (bicyclic) bond motifs is 3. The molecule has 1 saturated carbocycles. The highest BCUT2D eigenvalue weighted by Gasteiger charge is 2.35. The van der Waals surface area contributed by atoms with E-state index < -0.39 is 0 Å². The number of rotatable bonds is 4. The molecule has 0 amide bonds. The van der Waals surface area contributed by atoms with E-state index in [1.165, 1.54) is 49.2 Å². The average Bonchev–Trinajstić information content (AvgIpc) is 3.22. The molecule has 0 spiro atoms. The Morgan fingerprint density at radius 3 is 2.89 bits per heavy atom. The Morgan fingerprint density at radius 1 is 1.15 bits per heavy atom. The van der Waals surface area contributed by atoms with Gasteiger partial charge in [0.15, 0.2) is 0 Å². The molecule has 0 radical (unpaired) electrons. The molecule has 2 fully saturated rings. The Kier molecular flexibility index (Phi) is 4.56. The topological polar surface area (TPSA) is 50.3 Å². The standard InChI is InChI=1S/C21H31N5O/c1-15-21(16(2)27-23-15)14-24-7-4-8-26-20(13-24)10-18(22-26)12-25-11-17-5-3-6-19(25)9-17/h10,17,19H,3-9,11-14H2,1-2H3/t17-,19+/m0/s1. The Labute approximate surface area is 161 Å². The SMILES string of the molecule is Cc1noc(C)c1CN1CCCn2nc(CN3C[C@H]4CCC[C@@H]3C4)cc2C1. The van der Waals surface area contributed by atoms with E-state index >= 15 is 0 Å². The molecule has 1 saturated heterocycles. The molecule has 2 bridgehead atoms. The fraction of sp³-hybridized carbons (Fsp3) is 0.714. The molecule has 2 atom stereocenters. The zero-order chi connectivity index (χ0) is 18.4. The summed E-state index contributed by atoms with van der Waals surface area (Å²) in [6.07, 6.45) is 6.80. The minimum Gasteiger partial charge on any atom is -0.361 e. The zero-order valence-electron chi connectivity index (χ0n) is 16.7. The van der Waals surface area contributed by atoms with Crippen LogP contribution in [-0.4, -0.2) is 43.9 Å². The molecule has 0 aromatic carbocycles. The van der Waals surface area contributed by atoms with Gasteiger partial charge in [-0.2, -0.15) is 5.10 Å². The zero-order valence-corrected chi connectivity index (χ0v) is 16.7. The maximum Gasteiger partial charge on any atom is 0.138 e. The number of hydrogen-bond acceptors (Lipinski definition) is 5. The molecule has 6 nitrogen and oxygen atoms in total. The van der Waals surface area contributed by atoms with Gasteiger partial charge in [-0.05, 0) is 51.5 Å². The molecular formula is C21H31N5O. The van der Waals surface area contributed by atoms with Crippen molar-refractivity contribution >= 4 is 0 Å². The quantitative estimate of drug-likeness (QED) is 0.828. The highest BCUT2D eigenvalue weighted by molar-refractivity contribution is 5.21. The summed E-state index contributed by atoms with van der Waals surface area (Å²) in [4.78, 5) is 5.21. The largest absolute Gasteiger partial charge is 0.361 e. The highest BCUT2D eigenvalue weighted by atomic mass is 16.5. The van der Waals surface area contributed by atoms with Crippen molar-refractivity contribution in [3.8, 4) is 0 Å². The molecule has 0 unspecified atom stereocenters. The van der Waals surface area contributed by atoms with Crippen molar-refractivity contribution < 1.29 is 4.52 Å². The van der Waals surface area contributed by atoms with Gasteiger partial charge in [-0.15, -0.1) is 0 Å². The lowest BCUT2D eigenvalue weighted by Gasteiger charge is -2.23. The van der Waals surface area contributed by atoms with E-state index in [0.29, 0.717) is 0 Å². The van der Waals surface area contributed by atoms with Crippen LogP contribution in [0, 0.1) is 19.8 Å². The van der Waals surface area contributed by atoms with Crippen molar-refractivity contribution in [1.29, 1.82) is 0 Å². The minimum absolute atomic E-state index is 0.807. The molecule has 2 aliphatic heterocycles. The molecule has 0 N–H and O–H groups in total. The van der Waals surface area contributed by atoms with Crippen LogP contribution >= 0.6 is 0 Å². The summed E-state index contributed by atoms with van der Waals surface area (Å²) in [5.41, 5.74) is 4.88. The predicted octanol–water partition coefficient (Wildman–Crippen LogP) is 3.27. The second-order valence-electron chi connectivity index (χ2n) is 8.83. The monoisotopic (exact) mass is 369 g/mol. The van der Waals surface area contributed by atoms with Crippen LogP contribution in [0.15, 0.2) is 10.6 Å². The highest BCUT2D eigenvalue weighted by Crippen LogP contribution is 2.36. The lowest BCUT2D eigenvalue weighted by atomic mass is 9.90. The number of likely N-dealkylation sites (tertiary alicyclic amines) is 1. The average molecular weight is 370 g/mol. The van der Waals surface area contributed by atoms with E-state index in [9.17, 15) is 0 Å². The third kappa shape index (κ3) is 3.45. The summed E-state index contributed by atoms with van der Waals surface area (Å²) in [7, 11) is 0. The van der Waals surface area contributed by atoms with Crippen molar-refractivity contribution in [1.82, 2.24) is 24.7 Å². The van der Waals surface area contributed by atoms with Crippen molar-refractivity contribution in [2.75, 3.05) is 13.1 Å². The van der Waals surface area contributed by atoms with Crippen LogP contribution in [0.5, 0.6) is 0 Å². The van der Waals surface area contributed by atoms with Crippen LogP contribution in [0.1, 0.15) is 60.5 Å². The molecule has 5 rings (SSSR count). The molecule has 6 heteroatoms. The van der Waals surface area contributed by atoms with Gasteiger partial charge in [0, 0.05) is 50.9 Å². The number of aromatic nitrogens is 3. The third-order valence-electron chi connectivity index (χ3n) is 6.84. The van der Waals surface area contributed by atoms with Crippen molar-refractivity contribution in [3.63, 3.8) is 0 Å². The van der Waals surface area contributed by atoms with E-state index in [-0.39, 0.29) is 0 Å². The summed E-state index contributed by atoms with van der Waals surface area (Å²) in [6.45, 7) is 10.4. The van der Waals surface area contributed by atoms with Crippen LogP contribution in [0.25, 0.3) is 0 Å². The lowest BCUT2D eigenvalue weighted by molar-refractivity contribution is 0.233. The van der Waals surface area contributed by atoms with E-state index in [1.807, 2.05) is 13.8 Å². The molecule has 2 aromatic rings. The van der Waals surface area contributed by atoms with Gasteiger partial charge in [0.25, 0.3) is 0 Å². The van der Waals surface area contributed by atoms with Crippen LogP contribution < -0.4 is 0 Å². The Hall–Kier alpha value is -1.66. The molecular weight excluding hydrogens is 338 g/mol. The molecule has 146 valence electrons. The Morgan fingerprint density at radius 2 is 2.07 bits per heavy atom. The van der Waals surface area contributed by atoms with Crippen LogP contribution in [0.3, 0.4) is 0 Å². The van der Waals surface area contributed by atoms with E-state index in [4.69, 9.17) is 9.62 Å². The van der Waals surface area contributed by atoms with Crippen LogP contribution in [-0.2, 0) is 26.2 Å². The Bertz CT molecular complexity index is 790. The molecule has 3 aliphatic rings. The maximum atomic E-state index is 5.35. The van der Waals surface area contributed by atoms with E-state index in [1.54, 1.807) is 0 Å². The number of hydrogen-bond donors (Lipinski definition) is 0. The van der Waals surface area contributed by atoms with Gasteiger partial charge in [0.2, 0.25) is 0 Å². The molecule has 4 heterocycles. The summed E-state index contributed by atoms with van der Waals surface area (Å²) in [5.74, 6) is 1.89. The fourth-order valence-electron chi connectivity index (χ4n) is 5.39. The maximum absolute atomic E-state index is 5.35. The van der Waals surface area contributed by atoms with E-state index in [0.717, 1.165) is 62.6 Å². The smallest absolute Gasteiger partial charge is 0.138 e. The van der Waals surface area contributed by atoms with Crippen LogP contribution in [0.2, 0.25) is 0 Å². The molecule has 2 aromatic heterocycles. The summed E-state index contributed by atoms with van der Waals surface area (Å²) in [5, 5.41) is 9.08. The van der Waals surface area contributed by atoms with Gasteiger partial charge in [-0.3, -0.25) is 14.5 Å². The minimum atomic E-state index is 0.807. The summed E-state index contributed by atoms with van der Waals surface area (Å²) >= 11 is 0. The third-order valence-corrected chi connectivity index (χ3v) is 6.84. The summed E-state index contributed by atoms with van der Waals surface area (Å²) in [6, 6.07) is 3.16. The molecule has 1 aliphatic carbocycles. The van der Waals surface area contributed by atoms with Gasteiger partial charge in [0.1, 0.15) is 5.76 Å².